The Hall–Kier alpha value is -3.52. The first-order chi connectivity index (χ1) is 15.3. The largest absolute Gasteiger partial charge is 0.323 e. The number of carbonyl (C=O) groups is 1. The van der Waals surface area contributed by atoms with Crippen LogP contribution in [0.2, 0.25) is 0 Å². The van der Waals surface area contributed by atoms with Crippen molar-refractivity contribution in [2.24, 2.45) is 0 Å². The Morgan fingerprint density at radius 3 is 2.50 bits per heavy atom. The van der Waals surface area contributed by atoms with Crippen LogP contribution in [-0.4, -0.2) is 21.2 Å². The number of rotatable bonds is 5. The number of hydrogen-bond acceptors (Lipinski definition) is 4. The van der Waals surface area contributed by atoms with Crippen molar-refractivity contribution in [2.75, 3.05) is 11.1 Å². The van der Waals surface area contributed by atoms with E-state index in [0.717, 1.165) is 41.1 Å². The minimum atomic E-state index is -0.735. The second-order valence-electron chi connectivity index (χ2n) is 7.25. The van der Waals surface area contributed by atoms with Crippen LogP contribution in [0.1, 0.15) is 11.1 Å². The van der Waals surface area contributed by atoms with Gasteiger partial charge in [0.1, 0.15) is 11.6 Å². The number of hydrogen-bond donors (Lipinski definition) is 1. The van der Waals surface area contributed by atoms with Crippen molar-refractivity contribution >= 4 is 34.3 Å². The molecule has 3 aromatic carbocycles. The summed E-state index contributed by atoms with van der Waals surface area (Å²) in [5.41, 5.74) is 2.50. The van der Waals surface area contributed by atoms with Crippen molar-refractivity contribution in [3.05, 3.63) is 93.8 Å². The van der Waals surface area contributed by atoms with Gasteiger partial charge in [-0.1, -0.05) is 42.1 Å². The van der Waals surface area contributed by atoms with Gasteiger partial charge in [0, 0.05) is 6.07 Å². The molecule has 0 fully saturated rings. The van der Waals surface area contributed by atoms with Gasteiger partial charge in [0.25, 0.3) is 5.56 Å². The molecule has 0 aliphatic heterocycles. The summed E-state index contributed by atoms with van der Waals surface area (Å²) in [6.45, 7) is 3.80. The lowest BCUT2D eigenvalue weighted by atomic mass is 10.1. The molecule has 1 amide bonds. The Bertz CT molecular complexity index is 1380. The average Bonchev–Trinajstić information content (AvgIpc) is 2.76. The van der Waals surface area contributed by atoms with E-state index in [2.05, 4.69) is 10.3 Å². The van der Waals surface area contributed by atoms with Crippen molar-refractivity contribution in [3.63, 3.8) is 0 Å². The van der Waals surface area contributed by atoms with Crippen LogP contribution in [0.25, 0.3) is 16.6 Å². The lowest BCUT2D eigenvalue weighted by molar-refractivity contribution is -0.113. The zero-order valence-electron chi connectivity index (χ0n) is 17.4. The third kappa shape index (κ3) is 4.27. The molecular formula is C24H19F2N3O2S. The number of anilines is 1. The third-order valence-corrected chi connectivity index (χ3v) is 5.88. The molecule has 4 aromatic rings. The predicted octanol–water partition coefficient (Wildman–Crippen LogP) is 5.01. The van der Waals surface area contributed by atoms with Crippen molar-refractivity contribution in [3.8, 4) is 5.69 Å². The summed E-state index contributed by atoms with van der Waals surface area (Å²) in [4.78, 5) is 30.5. The van der Waals surface area contributed by atoms with Gasteiger partial charge in [-0.05, 0) is 49.2 Å². The van der Waals surface area contributed by atoms with Crippen molar-refractivity contribution < 1.29 is 13.6 Å². The smallest absolute Gasteiger partial charge is 0.266 e. The first-order valence-corrected chi connectivity index (χ1v) is 10.8. The summed E-state index contributed by atoms with van der Waals surface area (Å²) in [6.07, 6.45) is 0. The minimum absolute atomic E-state index is 0.147. The number of carbonyl (C=O) groups excluding carboxylic acids is 1. The second kappa shape index (κ2) is 8.92. The fourth-order valence-corrected chi connectivity index (χ4v) is 4.27. The zero-order chi connectivity index (χ0) is 22.8. The molecule has 0 bridgehead atoms. The van der Waals surface area contributed by atoms with Crippen LogP contribution >= 0.6 is 11.8 Å². The summed E-state index contributed by atoms with van der Waals surface area (Å²) in [5, 5.41) is 3.16. The number of amides is 1. The normalized spacial score (nSPS) is 11.0. The maximum Gasteiger partial charge on any atom is 0.266 e. The maximum absolute atomic E-state index is 13.8. The van der Waals surface area contributed by atoms with Crippen LogP contribution in [0, 0.1) is 25.5 Å². The monoisotopic (exact) mass is 451 g/mol. The lowest BCUT2D eigenvalue weighted by Gasteiger charge is -2.17. The molecule has 1 heterocycles. The van der Waals surface area contributed by atoms with Gasteiger partial charge >= 0.3 is 0 Å². The zero-order valence-corrected chi connectivity index (χ0v) is 18.2. The fraction of sp³-hybridized carbons (Fsp3) is 0.125. The van der Waals surface area contributed by atoms with Crippen LogP contribution in [0.4, 0.5) is 14.5 Å². The third-order valence-electron chi connectivity index (χ3n) is 4.94. The highest BCUT2D eigenvalue weighted by molar-refractivity contribution is 7.99. The molecule has 4 rings (SSSR count). The molecule has 0 unspecified atom stereocenters. The molecule has 5 nitrogen and oxygen atoms in total. The molecule has 0 radical (unpaired) electrons. The topological polar surface area (TPSA) is 64.0 Å². The van der Waals surface area contributed by atoms with Gasteiger partial charge in [0.05, 0.1) is 28.0 Å². The molecular weight excluding hydrogens is 432 g/mol. The summed E-state index contributed by atoms with van der Waals surface area (Å²) in [6, 6.07) is 15.5. The van der Waals surface area contributed by atoms with E-state index < -0.39 is 17.5 Å². The molecule has 0 aliphatic carbocycles. The lowest BCUT2D eigenvalue weighted by Crippen LogP contribution is -2.24. The van der Waals surface area contributed by atoms with E-state index in [1.54, 1.807) is 24.3 Å². The van der Waals surface area contributed by atoms with Crippen LogP contribution in [0.15, 0.2) is 70.6 Å². The van der Waals surface area contributed by atoms with Gasteiger partial charge in [-0.15, -0.1) is 0 Å². The Morgan fingerprint density at radius 2 is 1.75 bits per heavy atom. The van der Waals surface area contributed by atoms with E-state index >= 15 is 0 Å². The molecule has 0 spiro atoms. The molecule has 32 heavy (non-hydrogen) atoms. The Kier molecular flexibility index (Phi) is 6.05. The van der Waals surface area contributed by atoms with Gasteiger partial charge < -0.3 is 5.32 Å². The number of benzene rings is 3. The van der Waals surface area contributed by atoms with Crippen molar-refractivity contribution in [1.29, 1.82) is 0 Å². The van der Waals surface area contributed by atoms with E-state index in [0.29, 0.717) is 21.7 Å². The SMILES string of the molecule is Cc1cccc(C)c1-n1c(SCC(=O)Nc2cc(F)ccc2F)nc2ccccc2c1=O. The number of nitrogens with zero attached hydrogens (tertiary/aromatic N) is 2. The summed E-state index contributed by atoms with van der Waals surface area (Å²) < 4.78 is 28.7. The number of thioether (sulfide) groups is 1. The van der Waals surface area contributed by atoms with Gasteiger partial charge in [-0.2, -0.15) is 0 Å². The number of nitrogens with one attached hydrogen (secondary N) is 1. The first-order valence-electron chi connectivity index (χ1n) is 9.81. The highest BCUT2D eigenvalue weighted by Crippen LogP contribution is 2.26. The molecule has 1 N–H and O–H groups in total. The van der Waals surface area contributed by atoms with E-state index in [1.807, 2.05) is 32.0 Å². The highest BCUT2D eigenvalue weighted by Gasteiger charge is 2.18. The fourth-order valence-electron chi connectivity index (χ4n) is 3.47. The van der Waals surface area contributed by atoms with Gasteiger partial charge in [-0.25, -0.2) is 13.8 Å². The van der Waals surface area contributed by atoms with Gasteiger partial charge in [0.15, 0.2) is 5.16 Å². The van der Waals surface area contributed by atoms with Gasteiger partial charge in [0.2, 0.25) is 5.91 Å². The van der Waals surface area contributed by atoms with Crippen molar-refractivity contribution in [1.82, 2.24) is 9.55 Å². The summed E-state index contributed by atoms with van der Waals surface area (Å²) >= 11 is 1.05. The van der Waals surface area contributed by atoms with E-state index in [9.17, 15) is 18.4 Å². The number of aromatic nitrogens is 2. The Morgan fingerprint density at radius 1 is 1.03 bits per heavy atom. The Balaban J connectivity index is 1.73. The van der Waals surface area contributed by atoms with Crippen LogP contribution in [0.3, 0.4) is 0 Å². The molecule has 1 aromatic heterocycles. The predicted molar refractivity (Wildman–Crippen MR) is 123 cm³/mol. The quantitative estimate of drug-likeness (QED) is 0.342. The van der Waals surface area contributed by atoms with Crippen LogP contribution in [-0.2, 0) is 4.79 Å². The van der Waals surface area contributed by atoms with Crippen LogP contribution < -0.4 is 10.9 Å². The standard InChI is InChI=1S/C24H19F2N3O2S/c1-14-6-5-7-15(2)22(14)29-23(31)17-8-3-4-9-19(17)28-24(29)32-13-21(30)27-20-12-16(25)10-11-18(20)26/h3-12H,13H2,1-2H3,(H,27,30). The molecule has 0 saturated heterocycles. The molecule has 0 aliphatic rings. The number of aryl methyl sites for hydroxylation is 2. The number of halogens is 2. The molecule has 0 saturated carbocycles. The first kappa shape index (κ1) is 21.7. The number of para-hydroxylation sites is 2. The molecule has 162 valence electrons. The van der Waals surface area contributed by atoms with Gasteiger partial charge in [-0.3, -0.25) is 14.2 Å². The highest BCUT2D eigenvalue weighted by atomic mass is 32.2. The average molecular weight is 451 g/mol. The molecule has 8 heteroatoms. The number of fused-ring (bicyclic) bond motifs is 1. The maximum atomic E-state index is 13.8. The van der Waals surface area contributed by atoms with E-state index in [4.69, 9.17) is 0 Å². The van der Waals surface area contributed by atoms with E-state index in [1.165, 1.54) is 4.57 Å². The Labute approximate surface area is 187 Å². The second-order valence-corrected chi connectivity index (χ2v) is 8.20. The summed E-state index contributed by atoms with van der Waals surface area (Å²) in [7, 11) is 0. The van der Waals surface area contributed by atoms with E-state index in [-0.39, 0.29) is 17.0 Å². The van der Waals surface area contributed by atoms with Crippen molar-refractivity contribution in [2.45, 2.75) is 19.0 Å². The summed E-state index contributed by atoms with van der Waals surface area (Å²) in [5.74, 6) is -2.09. The molecule has 0 atom stereocenters. The van der Waals surface area contributed by atoms with Crippen LogP contribution in [0.5, 0.6) is 0 Å². The minimum Gasteiger partial charge on any atom is -0.323 e.